The molecule has 0 bridgehead atoms. The Kier molecular flexibility index (Phi) is 5.98. The first-order valence-corrected chi connectivity index (χ1v) is 9.75. The van der Waals surface area contributed by atoms with Crippen LogP contribution in [-0.4, -0.2) is 56.2 Å². The van der Waals surface area contributed by atoms with Crippen molar-refractivity contribution in [2.24, 2.45) is 0 Å². The molecule has 0 unspecified atom stereocenters. The fourth-order valence-corrected chi connectivity index (χ4v) is 3.28. The minimum absolute atomic E-state index is 0.000569. The number of amides is 2. The van der Waals surface area contributed by atoms with Crippen LogP contribution in [0.15, 0.2) is 54.9 Å². The van der Waals surface area contributed by atoms with E-state index in [0.717, 1.165) is 5.82 Å². The maximum absolute atomic E-state index is 12.5. The van der Waals surface area contributed by atoms with Gasteiger partial charge in [0.25, 0.3) is 11.8 Å². The van der Waals surface area contributed by atoms with Crippen molar-refractivity contribution in [3.05, 3.63) is 72.1 Å². The summed E-state index contributed by atoms with van der Waals surface area (Å²) >= 11 is 0. The molecule has 0 spiro atoms. The van der Waals surface area contributed by atoms with E-state index >= 15 is 0 Å². The number of rotatable bonds is 6. The summed E-state index contributed by atoms with van der Waals surface area (Å²) in [6, 6.07) is 12.6. The maximum Gasteiger partial charge on any atom is 0.260 e. The molecule has 0 aliphatic carbocycles. The van der Waals surface area contributed by atoms with E-state index in [1.807, 2.05) is 34.9 Å². The van der Waals surface area contributed by atoms with E-state index in [9.17, 15) is 9.59 Å². The molecule has 0 saturated heterocycles. The van der Waals surface area contributed by atoms with E-state index in [-0.39, 0.29) is 25.0 Å². The zero-order valence-electron chi connectivity index (χ0n) is 16.4. The lowest BCUT2D eigenvalue weighted by atomic mass is 10.2. The highest BCUT2D eigenvalue weighted by Crippen LogP contribution is 2.12. The molecule has 9 heteroatoms. The molecule has 1 N–H and O–H groups in total. The van der Waals surface area contributed by atoms with Crippen molar-refractivity contribution >= 4 is 11.8 Å². The van der Waals surface area contributed by atoms with Gasteiger partial charge in [-0.25, -0.2) is 0 Å². The van der Waals surface area contributed by atoms with Crippen LogP contribution in [0.5, 0.6) is 5.75 Å². The van der Waals surface area contributed by atoms with Crippen molar-refractivity contribution in [2.45, 2.75) is 19.5 Å². The number of benzene rings is 1. The second-order valence-electron chi connectivity index (χ2n) is 6.84. The van der Waals surface area contributed by atoms with Crippen molar-refractivity contribution < 1.29 is 14.3 Å². The highest BCUT2D eigenvalue weighted by Gasteiger charge is 2.22. The van der Waals surface area contributed by atoms with E-state index < -0.39 is 0 Å². The van der Waals surface area contributed by atoms with Crippen molar-refractivity contribution in [1.82, 2.24) is 30.0 Å². The number of ether oxygens (including phenoxy) is 1. The van der Waals surface area contributed by atoms with E-state index in [2.05, 4.69) is 20.5 Å². The summed E-state index contributed by atoms with van der Waals surface area (Å²) in [5.41, 5.74) is 0.538. The van der Waals surface area contributed by atoms with Crippen LogP contribution in [0.3, 0.4) is 0 Å². The minimum atomic E-state index is -0.196. The molecular formula is C21H22N6O3. The van der Waals surface area contributed by atoms with Gasteiger partial charge in [0.2, 0.25) is 0 Å². The molecule has 30 heavy (non-hydrogen) atoms. The molecule has 2 aromatic heterocycles. The number of para-hydroxylation sites is 1. The predicted octanol–water partition coefficient (Wildman–Crippen LogP) is 1.07. The third kappa shape index (κ3) is 4.62. The van der Waals surface area contributed by atoms with Gasteiger partial charge in [0.15, 0.2) is 12.4 Å². The number of aromatic nitrogens is 4. The Balaban J connectivity index is 1.32. The lowest BCUT2D eigenvalue weighted by Crippen LogP contribution is -2.37. The number of fused-ring (bicyclic) bond motifs is 1. The molecular weight excluding hydrogens is 384 g/mol. The molecule has 154 valence electrons. The highest BCUT2D eigenvalue weighted by atomic mass is 16.5. The third-order valence-electron chi connectivity index (χ3n) is 4.91. The van der Waals surface area contributed by atoms with E-state index in [1.54, 1.807) is 29.4 Å². The molecule has 1 aromatic carbocycles. The summed E-state index contributed by atoms with van der Waals surface area (Å²) in [5.74, 6) is 1.89. The number of carbonyl (C=O) groups is 2. The first-order chi connectivity index (χ1) is 14.7. The second kappa shape index (κ2) is 9.17. The van der Waals surface area contributed by atoms with Gasteiger partial charge < -0.3 is 19.5 Å². The normalized spacial score (nSPS) is 13.3. The number of nitrogens with zero attached hydrogens (tertiary/aromatic N) is 5. The third-order valence-corrected chi connectivity index (χ3v) is 4.91. The Morgan fingerprint density at radius 3 is 2.60 bits per heavy atom. The molecule has 3 heterocycles. The van der Waals surface area contributed by atoms with Gasteiger partial charge in [0.05, 0.1) is 6.54 Å². The molecule has 1 aliphatic heterocycles. The van der Waals surface area contributed by atoms with Gasteiger partial charge in [0, 0.05) is 44.0 Å². The van der Waals surface area contributed by atoms with Gasteiger partial charge in [-0.05, 0) is 24.3 Å². The van der Waals surface area contributed by atoms with Crippen molar-refractivity contribution in [3.63, 3.8) is 0 Å². The molecule has 0 atom stereocenters. The van der Waals surface area contributed by atoms with Gasteiger partial charge in [-0.1, -0.05) is 18.2 Å². The van der Waals surface area contributed by atoms with Gasteiger partial charge >= 0.3 is 0 Å². The van der Waals surface area contributed by atoms with Crippen LogP contribution in [0.2, 0.25) is 0 Å². The first kappa shape index (κ1) is 19.6. The highest BCUT2D eigenvalue weighted by molar-refractivity contribution is 5.93. The Morgan fingerprint density at radius 2 is 1.80 bits per heavy atom. The van der Waals surface area contributed by atoms with Crippen LogP contribution < -0.4 is 10.1 Å². The number of nitrogens with one attached hydrogen (secondary N) is 1. The largest absolute Gasteiger partial charge is 0.484 e. The Labute approximate surface area is 173 Å². The van der Waals surface area contributed by atoms with Crippen LogP contribution in [0.1, 0.15) is 22.0 Å². The molecule has 0 saturated carbocycles. The SMILES string of the molecule is O=C(NCc1nnc2n1CCN(C(=O)COc1ccccc1)CC2)c1ccncc1. The fourth-order valence-electron chi connectivity index (χ4n) is 3.28. The maximum atomic E-state index is 12.5. The van der Waals surface area contributed by atoms with Crippen molar-refractivity contribution in [3.8, 4) is 5.75 Å². The average Bonchev–Trinajstić information content (AvgIpc) is 3.06. The summed E-state index contributed by atoms with van der Waals surface area (Å²) in [6.45, 7) is 1.92. The van der Waals surface area contributed by atoms with Crippen molar-refractivity contribution in [2.75, 3.05) is 19.7 Å². The van der Waals surface area contributed by atoms with Crippen LogP contribution in [-0.2, 0) is 24.3 Å². The Bertz CT molecular complexity index is 1010. The van der Waals surface area contributed by atoms with Gasteiger partial charge in [-0.15, -0.1) is 10.2 Å². The molecule has 2 amide bonds. The smallest absolute Gasteiger partial charge is 0.260 e. The van der Waals surface area contributed by atoms with E-state index in [4.69, 9.17) is 4.74 Å². The minimum Gasteiger partial charge on any atom is -0.484 e. The molecule has 3 aromatic rings. The summed E-state index contributed by atoms with van der Waals surface area (Å²) in [6.07, 6.45) is 3.75. The van der Waals surface area contributed by atoms with Crippen LogP contribution in [0.4, 0.5) is 0 Å². The molecule has 9 nitrogen and oxygen atoms in total. The summed E-state index contributed by atoms with van der Waals surface area (Å²) in [5, 5.41) is 11.3. The number of hydrogen-bond acceptors (Lipinski definition) is 6. The monoisotopic (exact) mass is 406 g/mol. The summed E-state index contributed by atoms with van der Waals surface area (Å²) in [7, 11) is 0. The zero-order valence-corrected chi connectivity index (χ0v) is 16.4. The van der Waals surface area contributed by atoms with Crippen molar-refractivity contribution in [1.29, 1.82) is 0 Å². The van der Waals surface area contributed by atoms with Crippen LogP contribution in [0, 0.1) is 0 Å². The van der Waals surface area contributed by atoms with E-state index in [0.29, 0.717) is 43.2 Å². The fraction of sp³-hybridized carbons (Fsp3) is 0.286. The zero-order chi connectivity index (χ0) is 20.8. The molecule has 4 rings (SSSR count). The van der Waals surface area contributed by atoms with E-state index in [1.165, 1.54) is 0 Å². The molecule has 0 fully saturated rings. The Hall–Kier alpha value is -3.75. The predicted molar refractivity (Wildman–Crippen MR) is 108 cm³/mol. The molecule has 1 aliphatic rings. The number of hydrogen-bond donors (Lipinski definition) is 1. The number of pyridine rings is 1. The van der Waals surface area contributed by atoms with Gasteiger partial charge in [-0.2, -0.15) is 0 Å². The topological polar surface area (TPSA) is 102 Å². The first-order valence-electron chi connectivity index (χ1n) is 9.75. The van der Waals surface area contributed by atoms with Crippen LogP contribution in [0.25, 0.3) is 0 Å². The quantitative estimate of drug-likeness (QED) is 0.657. The lowest BCUT2D eigenvalue weighted by Gasteiger charge is -2.20. The summed E-state index contributed by atoms with van der Waals surface area (Å²) < 4.78 is 7.54. The lowest BCUT2D eigenvalue weighted by molar-refractivity contribution is -0.133. The Morgan fingerprint density at radius 1 is 1.00 bits per heavy atom. The van der Waals surface area contributed by atoms with Crippen LogP contribution >= 0.6 is 0 Å². The standard InChI is InChI=1S/C21H22N6O3/c28-20(15-30-17-4-2-1-3-5-17)26-11-8-18-24-25-19(27(18)13-12-26)14-23-21(29)16-6-9-22-10-7-16/h1-7,9-10H,8,11-15H2,(H,23,29). The summed E-state index contributed by atoms with van der Waals surface area (Å²) in [4.78, 5) is 30.5. The second-order valence-corrected chi connectivity index (χ2v) is 6.84. The van der Waals surface area contributed by atoms with Gasteiger partial charge in [0.1, 0.15) is 11.6 Å². The molecule has 0 radical (unpaired) electrons. The van der Waals surface area contributed by atoms with Gasteiger partial charge in [-0.3, -0.25) is 14.6 Å². The number of carbonyl (C=O) groups excluding carboxylic acids is 2. The average molecular weight is 406 g/mol.